The van der Waals surface area contributed by atoms with E-state index in [2.05, 4.69) is 24.4 Å². The maximum Gasteiger partial charge on any atom is 0.408 e. The number of unbranched alkanes of at least 4 members (excludes halogenated alkanes) is 4. The summed E-state index contributed by atoms with van der Waals surface area (Å²) in [4.78, 5) is 26.8. The molecule has 28 heavy (non-hydrogen) atoms. The molecular weight excluding hydrogens is 354 g/mol. The van der Waals surface area contributed by atoms with E-state index in [9.17, 15) is 9.59 Å². The molecular formula is C22H41N3O3. The smallest absolute Gasteiger partial charge is 0.408 e. The van der Waals surface area contributed by atoms with E-state index in [1.54, 1.807) is 18.7 Å². The van der Waals surface area contributed by atoms with Crippen molar-refractivity contribution in [2.75, 3.05) is 19.6 Å². The SMILES string of the molecule is CCCCN(CCN)C(=O)[C@H](CCCCC/C=C\C1CC1)NC(=O)OC(C)C. The van der Waals surface area contributed by atoms with Gasteiger partial charge in [0.15, 0.2) is 0 Å². The number of hydrogen-bond acceptors (Lipinski definition) is 4. The van der Waals surface area contributed by atoms with E-state index in [1.165, 1.54) is 12.8 Å². The minimum Gasteiger partial charge on any atom is -0.447 e. The lowest BCUT2D eigenvalue weighted by Gasteiger charge is -2.27. The Kier molecular flexibility index (Phi) is 12.6. The van der Waals surface area contributed by atoms with E-state index >= 15 is 0 Å². The fraction of sp³-hybridized carbons (Fsp3) is 0.818. The highest BCUT2D eigenvalue weighted by Gasteiger charge is 2.26. The van der Waals surface area contributed by atoms with Crippen molar-refractivity contribution in [1.82, 2.24) is 10.2 Å². The molecule has 1 fully saturated rings. The molecule has 2 amide bonds. The summed E-state index contributed by atoms with van der Waals surface area (Å²) >= 11 is 0. The number of amides is 2. The maximum absolute atomic E-state index is 13.0. The molecule has 3 N–H and O–H groups in total. The predicted molar refractivity (Wildman–Crippen MR) is 114 cm³/mol. The Hall–Kier alpha value is -1.56. The van der Waals surface area contributed by atoms with Crippen LogP contribution < -0.4 is 11.1 Å². The molecule has 0 radical (unpaired) electrons. The van der Waals surface area contributed by atoms with Gasteiger partial charge in [0.05, 0.1) is 6.10 Å². The first-order valence-corrected chi connectivity index (χ1v) is 11.1. The average Bonchev–Trinajstić information content (AvgIpc) is 3.46. The summed E-state index contributed by atoms with van der Waals surface area (Å²) in [6.07, 6.45) is 13.3. The number of nitrogens with one attached hydrogen (secondary N) is 1. The molecule has 0 spiro atoms. The zero-order chi connectivity index (χ0) is 20.8. The summed E-state index contributed by atoms with van der Waals surface area (Å²) < 4.78 is 5.18. The summed E-state index contributed by atoms with van der Waals surface area (Å²) in [6.45, 7) is 7.31. The second-order valence-corrected chi connectivity index (χ2v) is 8.02. The van der Waals surface area contributed by atoms with Crippen LogP contribution in [0.15, 0.2) is 12.2 Å². The van der Waals surface area contributed by atoms with Crippen LogP contribution in [0.5, 0.6) is 0 Å². The summed E-state index contributed by atoms with van der Waals surface area (Å²) in [5, 5.41) is 2.78. The van der Waals surface area contributed by atoms with Crippen LogP contribution in [0.2, 0.25) is 0 Å². The topological polar surface area (TPSA) is 84.7 Å². The Morgan fingerprint density at radius 3 is 2.54 bits per heavy atom. The van der Waals surface area contributed by atoms with E-state index in [1.807, 2.05) is 0 Å². The monoisotopic (exact) mass is 395 g/mol. The largest absolute Gasteiger partial charge is 0.447 e. The fourth-order valence-corrected chi connectivity index (χ4v) is 3.07. The number of hydrogen-bond donors (Lipinski definition) is 2. The van der Waals surface area contributed by atoms with Crippen molar-refractivity contribution >= 4 is 12.0 Å². The molecule has 1 atom stereocenters. The van der Waals surface area contributed by atoms with Crippen molar-refractivity contribution < 1.29 is 14.3 Å². The zero-order valence-electron chi connectivity index (χ0n) is 18.1. The Bertz CT molecular complexity index is 476. The van der Waals surface area contributed by atoms with Gasteiger partial charge >= 0.3 is 6.09 Å². The Labute approximate surface area is 171 Å². The number of nitrogens with two attached hydrogens (primary N) is 1. The van der Waals surface area contributed by atoms with Gasteiger partial charge in [0.2, 0.25) is 5.91 Å². The van der Waals surface area contributed by atoms with Crippen molar-refractivity contribution in [2.45, 2.75) is 90.7 Å². The fourth-order valence-electron chi connectivity index (χ4n) is 3.07. The minimum absolute atomic E-state index is 0.0479. The molecule has 1 rings (SSSR count). The quantitative estimate of drug-likeness (QED) is 0.324. The molecule has 6 nitrogen and oxygen atoms in total. The molecule has 1 saturated carbocycles. The number of alkyl carbamates (subject to hydrolysis) is 1. The Morgan fingerprint density at radius 2 is 1.93 bits per heavy atom. The molecule has 0 saturated heterocycles. The molecule has 0 aromatic carbocycles. The minimum atomic E-state index is -0.545. The van der Waals surface area contributed by atoms with Crippen molar-refractivity contribution in [1.29, 1.82) is 0 Å². The lowest BCUT2D eigenvalue weighted by Crippen LogP contribution is -2.50. The summed E-state index contributed by atoms with van der Waals surface area (Å²) in [6, 6.07) is -0.545. The van der Waals surface area contributed by atoms with Gasteiger partial charge in [-0.2, -0.15) is 0 Å². The van der Waals surface area contributed by atoms with Gasteiger partial charge < -0.3 is 20.7 Å². The van der Waals surface area contributed by atoms with Crippen LogP contribution >= 0.6 is 0 Å². The van der Waals surface area contributed by atoms with Crippen molar-refractivity contribution in [2.24, 2.45) is 11.7 Å². The summed E-state index contributed by atoms with van der Waals surface area (Å²) in [5.41, 5.74) is 5.69. The molecule has 0 unspecified atom stereocenters. The number of ether oxygens (including phenoxy) is 1. The van der Waals surface area contributed by atoms with Gasteiger partial charge in [-0.3, -0.25) is 4.79 Å². The van der Waals surface area contributed by atoms with Gasteiger partial charge in [0.1, 0.15) is 6.04 Å². The zero-order valence-corrected chi connectivity index (χ0v) is 18.1. The predicted octanol–water partition coefficient (Wildman–Crippen LogP) is 3.99. The third kappa shape index (κ3) is 11.3. The highest BCUT2D eigenvalue weighted by atomic mass is 16.6. The van der Waals surface area contributed by atoms with Crippen LogP contribution in [-0.2, 0) is 9.53 Å². The van der Waals surface area contributed by atoms with Crippen molar-refractivity contribution in [3.05, 3.63) is 12.2 Å². The molecule has 6 heteroatoms. The van der Waals surface area contributed by atoms with Gasteiger partial charge in [-0.1, -0.05) is 38.3 Å². The van der Waals surface area contributed by atoms with Crippen LogP contribution in [0.25, 0.3) is 0 Å². The number of nitrogens with zero attached hydrogens (tertiary/aromatic N) is 1. The normalized spacial score (nSPS) is 15.0. The lowest BCUT2D eigenvalue weighted by atomic mass is 10.1. The number of carbonyl (C=O) groups is 2. The van der Waals surface area contributed by atoms with E-state index in [0.717, 1.165) is 44.4 Å². The number of carbonyl (C=O) groups excluding carboxylic acids is 2. The van der Waals surface area contributed by atoms with Crippen LogP contribution in [0.3, 0.4) is 0 Å². The summed E-state index contributed by atoms with van der Waals surface area (Å²) in [7, 11) is 0. The second-order valence-electron chi connectivity index (χ2n) is 8.02. The van der Waals surface area contributed by atoms with Gasteiger partial charge in [0, 0.05) is 19.6 Å². The number of rotatable bonds is 15. The van der Waals surface area contributed by atoms with Crippen molar-refractivity contribution in [3.8, 4) is 0 Å². The van der Waals surface area contributed by atoms with Crippen molar-refractivity contribution in [3.63, 3.8) is 0 Å². The molecule has 0 bridgehead atoms. The maximum atomic E-state index is 13.0. The molecule has 0 aromatic heterocycles. The first kappa shape index (κ1) is 24.5. The standard InChI is InChI=1S/C22H41N3O3/c1-4-5-16-25(17-15-23)21(26)20(24-22(27)28-18(2)3)12-10-8-6-7-9-11-19-13-14-19/h9,11,18-20H,4-8,10,12-17,23H2,1-3H3,(H,24,27)/b11-9-/t20-/m0/s1. The van der Waals surface area contributed by atoms with E-state index in [0.29, 0.717) is 26.1 Å². The van der Waals surface area contributed by atoms with Gasteiger partial charge in [0.25, 0.3) is 0 Å². The van der Waals surface area contributed by atoms with Crippen LogP contribution in [0, 0.1) is 5.92 Å². The first-order chi connectivity index (χ1) is 13.5. The van der Waals surface area contributed by atoms with Gasteiger partial charge in [-0.15, -0.1) is 0 Å². The first-order valence-electron chi connectivity index (χ1n) is 11.1. The van der Waals surface area contributed by atoms with Crippen LogP contribution in [0.4, 0.5) is 4.79 Å². The summed E-state index contributed by atoms with van der Waals surface area (Å²) in [5.74, 6) is 0.781. The Balaban J connectivity index is 2.52. The van der Waals surface area contributed by atoms with Crippen LogP contribution in [-0.4, -0.2) is 48.7 Å². The van der Waals surface area contributed by atoms with Gasteiger partial charge in [-0.05, 0) is 58.3 Å². The third-order valence-corrected chi connectivity index (χ3v) is 4.82. The Morgan fingerprint density at radius 1 is 1.18 bits per heavy atom. The molecule has 0 aliphatic heterocycles. The third-order valence-electron chi connectivity index (χ3n) is 4.82. The van der Waals surface area contributed by atoms with Gasteiger partial charge in [-0.25, -0.2) is 4.79 Å². The molecule has 0 heterocycles. The highest BCUT2D eigenvalue weighted by molar-refractivity contribution is 5.85. The number of allylic oxidation sites excluding steroid dienone is 2. The van der Waals surface area contributed by atoms with E-state index in [4.69, 9.17) is 10.5 Å². The van der Waals surface area contributed by atoms with E-state index in [-0.39, 0.29) is 12.0 Å². The lowest BCUT2D eigenvalue weighted by molar-refractivity contribution is -0.133. The molecule has 162 valence electrons. The van der Waals surface area contributed by atoms with E-state index < -0.39 is 12.1 Å². The average molecular weight is 396 g/mol. The molecule has 0 aromatic rings. The van der Waals surface area contributed by atoms with Crippen LogP contribution in [0.1, 0.15) is 78.6 Å². The molecule has 1 aliphatic rings. The highest BCUT2D eigenvalue weighted by Crippen LogP contribution is 2.30. The molecule has 1 aliphatic carbocycles. The second kappa shape index (κ2) is 14.4.